The summed E-state index contributed by atoms with van der Waals surface area (Å²) in [6, 6.07) is 2.18. The van der Waals surface area contributed by atoms with Crippen molar-refractivity contribution in [2.75, 3.05) is 31.9 Å². The summed E-state index contributed by atoms with van der Waals surface area (Å²) in [5.41, 5.74) is 5.36. The van der Waals surface area contributed by atoms with Gasteiger partial charge >= 0.3 is 0 Å². The summed E-state index contributed by atoms with van der Waals surface area (Å²) in [6.45, 7) is 3.34. The number of nitrogens with two attached hydrogens (primary N) is 1. The number of primary amides is 1. The lowest BCUT2D eigenvalue weighted by molar-refractivity contribution is -0.136. The second-order valence-electron chi connectivity index (χ2n) is 5.99. The largest absolute Gasteiger partial charge is 0.369 e. The molecule has 124 valence electrons. The van der Waals surface area contributed by atoms with Crippen LogP contribution >= 0.6 is 11.8 Å². The fourth-order valence-electron chi connectivity index (χ4n) is 3.02. The zero-order valence-corrected chi connectivity index (χ0v) is 13.7. The quantitative estimate of drug-likeness (QED) is 0.600. The normalized spacial score (nSPS) is 20.3. The summed E-state index contributed by atoms with van der Waals surface area (Å²) in [5, 5.41) is 0.631. The molecule has 0 bridgehead atoms. The number of rotatable bonds is 5. The molecule has 2 saturated heterocycles. The highest BCUT2D eigenvalue weighted by Gasteiger charge is 2.36. The third kappa shape index (κ3) is 4.00. The molecule has 0 aliphatic carbocycles. The van der Waals surface area contributed by atoms with Crippen LogP contribution in [0.1, 0.15) is 12.8 Å². The highest BCUT2D eigenvalue weighted by Crippen LogP contribution is 2.24. The minimum absolute atomic E-state index is 0.0198. The highest BCUT2D eigenvalue weighted by molar-refractivity contribution is 7.99. The molecule has 1 aromatic rings. The van der Waals surface area contributed by atoms with Crippen LogP contribution in [0.25, 0.3) is 0 Å². The lowest BCUT2D eigenvalue weighted by atomic mass is 9.94. The monoisotopic (exact) mass is 335 g/mol. The van der Waals surface area contributed by atoms with Crippen LogP contribution in [-0.2, 0) is 9.59 Å². The van der Waals surface area contributed by atoms with Crippen molar-refractivity contribution < 1.29 is 9.59 Å². The van der Waals surface area contributed by atoms with Crippen LogP contribution in [0.4, 0.5) is 0 Å². The minimum atomic E-state index is -0.185. The van der Waals surface area contributed by atoms with Crippen LogP contribution in [0.3, 0.4) is 0 Å². The van der Waals surface area contributed by atoms with E-state index in [1.165, 1.54) is 11.8 Å². The number of nitrogens with zero attached hydrogens (tertiary/aromatic N) is 4. The number of carbonyl (C=O) groups excluding carboxylic acids is 2. The predicted octanol–water partition coefficient (Wildman–Crippen LogP) is -0.0232. The van der Waals surface area contributed by atoms with Crippen molar-refractivity contribution in [1.29, 1.82) is 0 Å². The average Bonchev–Trinajstić information content (AvgIpc) is 2.53. The first-order chi connectivity index (χ1) is 11.1. The van der Waals surface area contributed by atoms with E-state index < -0.39 is 0 Å². The summed E-state index contributed by atoms with van der Waals surface area (Å²) < 4.78 is 0. The van der Waals surface area contributed by atoms with Crippen molar-refractivity contribution in [3.63, 3.8) is 0 Å². The first-order valence-corrected chi connectivity index (χ1v) is 8.83. The zero-order valence-electron chi connectivity index (χ0n) is 12.9. The van der Waals surface area contributed by atoms with Gasteiger partial charge in [0.15, 0.2) is 5.16 Å². The first kappa shape index (κ1) is 16.2. The molecule has 0 spiro atoms. The van der Waals surface area contributed by atoms with E-state index in [0.717, 1.165) is 39.0 Å². The van der Waals surface area contributed by atoms with Gasteiger partial charge in [-0.25, -0.2) is 9.97 Å². The molecule has 0 unspecified atom stereocenters. The van der Waals surface area contributed by atoms with Gasteiger partial charge in [-0.1, -0.05) is 11.8 Å². The fraction of sp³-hybridized carbons (Fsp3) is 0.600. The van der Waals surface area contributed by atoms with Gasteiger partial charge in [-0.3, -0.25) is 14.5 Å². The molecule has 7 nitrogen and oxygen atoms in total. The van der Waals surface area contributed by atoms with Crippen LogP contribution in [0, 0.1) is 5.92 Å². The van der Waals surface area contributed by atoms with Crippen LogP contribution in [0.15, 0.2) is 23.6 Å². The van der Waals surface area contributed by atoms with Crippen LogP contribution < -0.4 is 5.73 Å². The molecule has 0 radical (unpaired) electrons. The van der Waals surface area contributed by atoms with E-state index in [1.807, 2.05) is 4.90 Å². The maximum atomic E-state index is 12.1. The molecule has 0 saturated carbocycles. The Bertz CT molecular complexity index is 556. The maximum Gasteiger partial charge on any atom is 0.233 e. The number of likely N-dealkylation sites (tertiary alicyclic amines) is 2. The third-order valence-electron chi connectivity index (χ3n) is 4.53. The number of carbonyl (C=O) groups is 2. The predicted molar refractivity (Wildman–Crippen MR) is 86.6 cm³/mol. The standard InChI is InChI=1S/C15H21N5O2S/c16-14(22)11-2-6-19(7-3-11)12-8-20(9-12)13(21)10-23-15-17-4-1-5-18-15/h1,4-5,11-12H,2-3,6-10H2,(H2,16,22). The number of thioether (sulfide) groups is 1. The van der Waals surface area contributed by atoms with Crippen molar-refractivity contribution >= 4 is 23.6 Å². The van der Waals surface area contributed by atoms with Gasteiger partial charge in [-0.15, -0.1) is 0 Å². The SMILES string of the molecule is NC(=O)C1CCN(C2CN(C(=O)CSc3ncccn3)C2)CC1. The molecule has 0 aromatic carbocycles. The molecule has 2 aliphatic rings. The Morgan fingerprint density at radius 1 is 1.22 bits per heavy atom. The van der Waals surface area contributed by atoms with Gasteiger partial charge in [0.05, 0.1) is 5.75 Å². The van der Waals surface area contributed by atoms with E-state index >= 15 is 0 Å². The van der Waals surface area contributed by atoms with Crippen molar-refractivity contribution in [2.24, 2.45) is 11.7 Å². The Morgan fingerprint density at radius 3 is 2.48 bits per heavy atom. The van der Waals surface area contributed by atoms with Crippen LogP contribution in [-0.4, -0.2) is 69.6 Å². The van der Waals surface area contributed by atoms with E-state index in [0.29, 0.717) is 17.0 Å². The fourth-order valence-corrected chi connectivity index (χ4v) is 3.72. The summed E-state index contributed by atoms with van der Waals surface area (Å²) in [4.78, 5) is 35.8. The molecule has 8 heteroatoms. The Morgan fingerprint density at radius 2 is 1.87 bits per heavy atom. The van der Waals surface area contributed by atoms with Crippen LogP contribution in [0.2, 0.25) is 0 Å². The van der Waals surface area contributed by atoms with E-state index in [-0.39, 0.29) is 17.7 Å². The van der Waals surface area contributed by atoms with E-state index in [4.69, 9.17) is 5.73 Å². The maximum absolute atomic E-state index is 12.1. The highest BCUT2D eigenvalue weighted by atomic mass is 32.2. The molecule has 2 N–H and O–H groups in total. The third-order valence-corrected chi connectivity index (χ3v) is 5.39. The lowest BCUT2D eigenvalue weighted by Crippen LogP contribution is -2.62. The number of aromatic nitrogens is 2. The lowest BCUT2D eigenvalue weighted by Gasteiger charge is -2.47. The molecule has 0 atom stereocenters. The number of hydrogen-bond acceptors (Lipinski definition) is 6. The van der Waals surface area contributed by atoms with Gasteiger partial charge in [0, 0.05) is 37.4 Å². The summed E-state index contributed by atoms with van der Waals surface area (Å²) in [6.07, 6.45) is 5.02. The molecule has 23 heavy (non-hydrogen) atoms. The number of hydrogen-bond donors (Lipinski definition) is 1. The Balaban J connectivity index is 1.37. The minimum Gasteiger partial charge on any atom is -0.369 e. The molecule has 3 heterocycles. The van der Waals surface area contributed by atoms with E-state index in [2.05, 4.69) is 14.9 Å². The Labute approximate surface area is 139 Å². The zero-order chi connectivity index (χ0) is 16.2. The van der Waals surface area contributed by atoms with Gasteiger partial charge in [0.25, 0.3) is 0 Å². The van der Waals surface area contributed by atoms with E-state index in [9.17, 15) is 9.59 Å². The Hall–Kier alpha value is -1.67. The van der Waals surface area contributed by atoms with Crippen molar-refractivity contribution in [2.45, 2.75) is 24.0 Å². The van der Waals surface area contributed by atoms with E-state index in [1.54, 1.807) is 18.5 Å². The second kappa shape index (κ2) is 7.27. The molecule has 2 aliphatic heterocycles. The number of amides is 2. The smallest absolute Gasteiger partial charge is 0.233 e. The molecular weight excluding hydrogens is 314 g/mol. The summed E-state index contributed by atoms with van der Waals surface area (Å²) >= 11 is 1.37. The van der Waals surface area contributed by atoms with Gasteiger partial charge in [-0.2, -0.15) is 0 Å². The number of piperidine rings is 1. The van der Waals surface area contributed by atoms with Crippen molar-refractivity contribution in [1.82, 2.24) is 19.8 Å². The second-order valence-corrected chi connectivity index (χ2v) is 6.93. The van der Waals surface area contributed by atoms with Crippen LogP contribution in [0.5, 0.6) is 0 Å². The molecule has 1 aromatic heterocycles. The van der Waals surface area contributed by atoms with Gasteiger partial charge in [-0.05, 0) is 32.0 Å². The molecule has 3 rings (SSSR count). The topological polar surface area (TPSA) is 92.4 Å². The van der Waals surface area contributed by atoms with Crippen molar-refractivity contribution in [3.05, 3.63) is 18.5 Å². The summed E-state index contributed by atoms with van der Waals surface area (Å²) in [7, 11) is 0. The molecular formula is C15H21N5O2S. The Kier molecular flexibility index (Phi) is 5.12. The molecule has 2 amide bonds. The summed E-state index contributed by atoms with van der Waals surface area (Å²) in [5.74, 6) is 0.341. The van der Waals surface area contributed by atoms with Gasteiger partial charge in [0.1, 0.15) is 0 Å². The average molecular weight is 335 g/mol. The molecule has 2 fully saturated rings. The first-order valence-electron chi connectivity index (χ1n) is 7.84. The van der Waals surface area contributed by atoms with Crippen molar-refractivity contribution in [3.8, 4) is 0 Å². The van der Waals surface area contributed by atoms with Gasteiger partial charge < -0.3 is 10.6 Å². The van der Waals surface area contributed by atoms with Gasteiger partial charge in [0.2, 0.25) is 11.8 Å².